The van der Waals surface area contributed by atoms with Crippen molar-refractivity contribution in [1.29, 1.82) is 0 Å². The molecule has 6 nitrogen and oxygen atoms in total. The zero-order valence-electron chi connectivity index (χ0n) is 15.7. The van der Waals surface area contributed by atoms with Crippen LogP contribution in [0.3, 0.4) is 0 Å². The van der Waals surface area contributed by atoms with Crippen molar-refractivity contribution >= 4 is 49.6 Å². The van der Waals surface area contributed by atoms with Gasteiger partial charge < -0.3 is 10.2 Å². The summed E-state index contributed by atoms with van der Waals surface area (Å²) in [6.45, 7) is 2.16. The Balaban J connectivity index is 1.27. The number of amides is 1. The van der Waals surface area contributed by atoms with E-state index in [1.165, 1.54) is 24.2 Å². The maximum atomic E-state index is 12.5. The molecule has 0 unspecified atom stereocenters. The number of rotatable bonds is 5. The number of carbonyl (C=O) groups is 1. The van der Waals surface area contributed by atoms with Crippen LogP contribution >= 0.6 is 22.7 Å². The lowest BCUT2D eigenvalue weighted by Crippen LogP contribution is -2.16. The lowest BCUT2D eigenvalue weighted by Gasteiger charge is -2.11. The van der Waals surface area contributed by atoms with E-state index in [1.54, 1.807) is 23.7 Å². The first-order valence-electron chi connectivity index (χ1n) is 9.55. The second kappa shape index (κ2) is 7.88. The summed E-state index contributed by atoms with van der Waals surface area (Å²) in [5.41, 5.74) is 3.51. The molecule has 29 heavy (non-hydrogen) atoms. The van der Waals surface area contributed by atoms with Crippen LogP contribution in [0.4, 0.5) is 10.8 Å². The molecule has 0 bridgehead atoms. The Morgan fingerprint density at radius 3 is 2.90 bits per heavy atom. The van der Waals surface area contributed by atoms with E-state index >= 15 is 0 Å². The lowest BCUT2D eigenvalue weighted by atomic mass is 10.2. The molecule has 0 saturated carbocycles. The van der Waals surface area contributed by atoms with E-state index in [0.29, 0.717) is 0 Å². The Labute approximate surface area is 176 Å². The first-order valence-corrected chi connectivity index (χ1v) is 11.2. The SMILES string of the molecule is O=C(Cc1csc(-c2cccnc2)n1)Nc1ccc2nc(N3CCCC3)sc2c1. The third-order valence-electron chi connectivity index (χ3n) is 4.84. The van der Waals surface area contributed by atoms with Crippen LogP contribution in [0, 0.1) is 0 Å². The number of fused-ring (bicyclic) bond motifs is 1. The summed E-state index contributed by atoms with van der Waals surface area (Å²) in [5, 5.41) is 6.87. The molecule has 1 amide bonds. The van der Waals surface area contributed by atoms with Crippen LogP contribution in [0.2, 0.25) is 0 Å². The Morgan fingerprint density at radius 2 is 2.07 bits per heavy atom. The average Bonchev–Trinajstić information content (AvgIpc) is 3.48. The number of thiazole rings is 2. The Morgan fingerprint density at radius 1 is 1.17 bits per heavy atom. The fraction of sp³-hybridized carbons (Fsp3) is 0.238. The number of nitrogens with zero attached hydrogens (tertiary/aromatic N) is 4. The van der Waals surface area contributed by atoms with E-state index in [4.69, 9.17) is 4.98 Å². The minimum atomic E-state index is -0.0725. The van der Waals surface area contributed by atoms with Crippen LogP contribution in [0.1, 0.15) is 18.5 Å². The van der Waals surface area contributed by atoms with Gasteiger partial charge in [-0.2, -0.15) is 0 Å². The van der Waals surface area contributed by atoms with Gasteiger partial charge in [-0.15, -0.1) is 11.3 Å². The number of hydrogen-bond acceptors (Lipinski definition) is 7. The van der Waals surface area contributed by atoms with Gasteiger partial charge in [-0.25, -0.2) is 9.97 Å². The average molecular weight is 422 g/mol. The van der Waals surface area contributed by atoms with Crippen LogP contribution in [-0.4, -0.2) is 33.9 Å². The van der Waals surface area contributed by atoms with Gasteiger partial charge in [0.05, 0.1) is 22.3 Å². The number of pyridine rings is 1. The van der Waals surface area contributed by atoms with Crippen molar-refractivity contribution in [1.82, 2.24) is 15.0 Å². The highest BCUT2D eigenvalue weighted by molar-refractivity contribution is 7.22. The lowest BCUT2D eigenvalue weighted by molar-refractivity contribution is -0.115. The van der Waals surface area contributed by atoms with Gasteiger partial charge in [0, 0.05) is 42.1 Å². The van der Waals surface area contributed by atoms with Crippen LogP contribution in [0.25, 0.3) is 20.8 Å². The second-order valence-corrected chi connectivity index (χ2v) is 8.85. The smallest absolute Gasteiger partial charge is 0.230 e. The predicted molar refractivity (Wildman–Crippen MR) is 119 cm³/mol. The normalized spacial score (nSPS) is 13.9. The van der Waals surface area contributed by atoms with Crippen LogP contribution in [-0.2, 0) is 11.2 Å². The molecule has 0 spiro atoms. The Kier molecular flexibility index (Phi) is 4.95. The largest absolute Gasteiger partial charge is 0.348 e. The Bertz CT molecular complexity index is 1150. The highest BCUT2D eigenvalue weighted by Gasteiger charge is 2.17. The summed E-state index contributed by atoms with van der Waals surface area (Å²) in [5.74, 6) is -0.0725. The minimum Gasteiger partial charge on any atom is -0.348 e. The zero-order valence-corrected chi connectivity index (χ0v) is 17.3. The summed E-state index contributed by atoms with van der Waals surface area (Å²) in [7, 11) is 0. The summed E-state index contributed by atoms with van der Waals surface area (Å²) >= 11 is 3.21. The number of hydrogen-bond donors (Lipinski definition) is 1. The van der Waals surface area contributed by atoms with E-state index in [1.807, 2.05) is 35.7 Å². The van der Waals surface area contributed by atoms with Gasteiger partial charge in [0.25, 0.3) is 0 Å². The van der Waals surface area contributed by atoms with Gasteiger partial charge in [-0.3, -0.25) is 9.78 Å². The van der Waals surface area contributed by atoms with Crippen molar-refractivity contribution in [2.75, 3.05) is 23.3 Å². The zero-order chi connectivity index (χ0) is 19.6. The van der Waals surface area contributed by atoms with Crippen LogP contribution < -0.4 is 10.2 Å². The number of aromatic nitrogens is 3. The molecule has 1 aliphatic heterocycles. The van der Waals surface area contributed by atoms with E-state index in [0.717, 1.165) is 50.4 Å². The molecule has 1 aromatic carbocycles. The molecule has 1 aliphatic rings. The number of carbonyl (C=O) groups excluding carboxylic acids is 1. The predicted octanol–water partition coefficient (Wildman–Crippen LogP) is 4.60. The fourth-order valence-electron chi connectivity index (χ4n) is 3.41. The number of anilines is 2. The van der Waals surface area contributed by atoms with Gasteiger partial charge in [0.1, 0.15) is 5.01 Å². The van der Waals surface area contributed by atoms with Crippen molar-refractivity contribution < 1.29 is 4.79 Å². The molecule has 4 aromatic rings. The van der Waals surface area contributed by atoms with Crippen molar-refractivity contribution in [3.8, 4) is 10.6 Å². The third kappa shape index (κ3) is 3.99. The van der Waals surface area contributed by atoms with E-state index in [9.17, 15) is 4.79 Å². The van der Waals surface area contributed by atoms with Crippen molar-refractivity contribution in [2.45, 2.75) is 19.3 Å². The maximum Gasteiger partial charge on any atom is 0.230 e. The molecule has 8 heteroatoms. The monoisotopic (exact) mass is 421 g/mol. The molecular weight excluding hydrogens is 402 g/mol. The molecule has 0 radical (unpaired) electrons. The van der Waals surface area contributed by atoms with Gasteiger partial charge >= 0.3 is 0 Å². The molecule has 5 rings (SSSR count). The van der Waals surface area contributed by atoms with Crippen LogP contribution in [0.15, 0.2) is 48.1 Å². The van der Waals surface area contributed by atoms with E-state index in [-0.39, 0.29) is 12.3 Å². The molecule has 0 atom stereocenters. The molecular formula is C21H19N5OS2. The van der Waals surface area contributed by atoms with Gasteiger partial charge in [-0.05, 0) is 43.2 Å². The molecule has 0 aliphatic carbocycles. The fourth-order valence-corrected chi connectivity index (χ4v) is 5.28. The van der Waals surface area contributed by atoms with Crippen molar-refractivity contribution in [3.63, 3.8) is 0 Å². The van der Waals surface area contributed by atoms with Crippen molar-refractivity contribution in [3.05, 3.63) is 53.8 Å². The third-order valence-corrected chi connectivity index (χ3v) is 6.86. The minimum absolute atomic E-state index is 0.0725. The molecule has 4 heterocycles. The standard InChI is InChI=1S/C21H19N5OS2/c27-19(11-16-13-28-20(24-16)14-4-3-7-22-12-14)23-15-5-6-17-18(10-15)29-21(25-17)26-8-1-2-9-26/h3-7,10,12-13H,1-2,8-9,11H2,(H,23,27). The summed E-state index contributed by atoms with van der Waals surface area (Å²) < 4.78 is 1.09. The first kappa shape index (κ1) is 18.2. The second-order valence-electron chi connectivity index (χ2n) is 6.98. The quantitative estimate of drug-likeness (QED) is 0.510. The summed E-state index contributed by atoms with van der Waals surface area (Å²) in [6.07, 6.45) is 6.23. The van der Waals surface area contributed by atoms with E-state index < -0.39 is 0 Å². The molecule has 1 N–H and O–H groups in total. The maximum absolute atomic E-state index is 12.5. The van der Waals surface area contributed by atoms with E-state index in [2.05, 4.69) is 20.2 Å². The molecule has 1 saturated heterocycles. The van der Waals surface area contributed by atoms with Gasteiger partial charge in [-0.1, -0.05) is 11.3 Å². The molecule has 3 aromatic heterocycles. The Hall–Kier alpha value is -2.84. The number of nitrogens with one attached hydrogen (secondary N) is 1. The highest BCUT2D eigenvalue weighted by Crippen LogP contribution is 2.32. The summed E-state index contributed by atoms with van der Waals surface area (Å²) in [6, 6.07) is 9.75. The topological polar surface area (TPSA) is 71.0 Å². The van der Waals surface area contributed by atoms with Gasteiger partial charge in [0.15, 0.2) is 5.13 Å². The number of benzene rings is 1. The highest BCUT2D eigenvalue weighted by atomic mass is 32.1. The van der Waals surface area contributed by atoms with Crippen molar-refractivity contribution in [2.24, 2.45) is 0 Å². The first-order chi connectivity index (χ1) is 14.2. The summed E-state index contributed by atoms with van der Waals surface area (Å²) in [4.78, 5) is 28.3. The molecule has 1 fully saturated rings. The van der Waals surface area contributed by atoms with Gasteiger partial charge in [0.2, 0.25) is 5.91 Å². The molecule has 146 valence electrons. The van der Waals surface area contributed by atoms with Crippen LogP contribution in [0.5, 0.6) is 0 Å².